The van der Waals surface area contributed by atoms with Crippen LogP contribution in [0.25, 0.3) is 0 Å². The molecule has 2 amide bonds. The lowest BCUT2D eigenvalue weighted by atomic mass is 10.0. The summed E-state index contributed by atoms with van der Waals surface area (Å²) < 4.78 is 5.13. The van der Waals surface area contributed by atoms with Crippen LogP contribution in [0.4, 0.5) is 0 Å². The van der Waals surface area contributed by atoms with Crippen molar-refractivity contribution in [1.29, 1.82) is 0 Å². The number of fused-ring (bicyclic) bond motifs is 1. The van der Waals surface area contributed by atoms with Crippen molar-refractivity contribution in [3.63, 3.8) is 0 Å². The molecule has 2 aromatic rings. The number of carbonyl (C=O) groups excluding carboxylic acids is 2. The molecule has 4 rings (SSSR count). The molecule has 0 spiro atoms. The summed E-state index contributed by atoms with van der Waals surface area (Å²) in [4.78, 5) is 26.8. The first-order chi connectivity index (χ1) is 12.2. The van der Waals surface area contributed by atoms with E-state index in [9.17, 15) is 9.59 Å². The molecule has 1 aliphatic carbocycles. The number of carbonyl (C=O) groups is 2. The number of H-pyrrole nitrogens is 1. The highest BCUT2D eigenvalue weighted by atomic mass is 16.5. The molecule has 1 fully saturated rings. The maximum absolute atomic E-state index is 12.8. The Kier molecular flexibility index (Phi) is 3.91. The van der Waals surface area contributed by atoms with Gasteiger partial charge in [-0.3, -0.25) is 14.7 Å². The van der Waals surface area contributed by atoms with E-state index < -0.39 is 0 Å². The van der Waals surface area contributed by atoms with Gasteiger partial charge in [-0.1, -0.05) is 0 Å². The largest absolute Gasteiger partial charge is 0.497 e. The molecular formula is C18H20N4O3. The fourth-order valence-electron chi connectivity index (χ4n) is 3.05. The lowest BCUT2D eigenvalue weighted by Crippen LogP contribution is -2.37. The van der Waals surface area contributed by atoms with Crippen molar-refractivity contribution in [2.45, 2.75) is 31.8 Å². The van der Waals surface area contributed by atoms with E-state index in [4.69, 9.17) is 4.74 Å². The van der Waals surface area contributed by atoms with Gasteiger partial charge in [0.05, 0.1) is 13.7 Å². The average Bonchev–Trinajstić information content (AvgIpc) is 3.36. The number of methoxy groups -OCH3 is 1. The van der Waals surface area contributed by atoms with E-state index in [1.54, 1.807) is 36.3 Å². The van der Waals surface area contributed by atoms with Crippen LogP contribution in [0, 0.1) is 0 Å². The molecular weight excluding hydrogens is 320 g/mol. The predicted octanol–water partition coefficient (Wildman–Crippen LogP) is 1.51. The fourth-order valence-corrected chi connectivity index (χ4v) is 3.05. The van der Waals surface area contributed by atoms with Crippen LogP contribution in [-0.2, 0) is 13.0 Å². The molecule has 0 bridgehead atoms. The van der Waals surface area contributed by atoms with Crippen molar-refractivity contribution in [3.05, 3.63) is 46.8 Å². The van der Waals surface area contributed by atoms with Crippen LogP contribution in [0.3, 0.4) is 0 Å². The molecule has 2 N–H and O–H groups in total. The zero-order valence-corrected chi connectivity index (χ0v) is 14.0. The summed E-state index contributed by atoms with van der Waals surface area (Å²) in [6.07, 6.45) is 2.72. The van der Waals surface area contributed by atoms with Crippen LogP contribution in [0.1, 0.15) is 44.9 Å². The number of hydrogen-bond donors (Lipinski definition) is 2. The molecule has 1 aromatic heterocycles. The molecule has 25 heavy (non-hydrogen) atoms. The Hall–Kier alpha value is -2.83. The molecule has 1 aromatic carbocycles. The minimum Gasteiger partial charge on any atom is -0.497 e. The third-order valence-electron chi connectivity index (χ3n) is 4.69. The number of rotatable bonds is 4. The van der Waals surface area contributed by atoms with Crippen molar-refractivity contribution in [3.8, 4) is 5.75 Å². The van der Waals surface area contributed by atoms with Crippen LogP contribution in [0.15, 0.2) is 24.3 Å². The van der Waals surface area contributed by atoms with Crippen LogP contribution >= 0.6 is 0 Å². The zero-order chi connectivity index (χ0) is 17.4. The van der Waals surface area contributed by atoms with Crippen LogP contribution in [0.5, 0.6) is 5.75 Å². The van der Waals surface area contributed by atoms with Crippen molar-refractivity contribution in [1.82, 2.24) is 20.4 Å². The number of amides is 2. The summed E-state index contributed by atoms with van der Waals surface area (Å²) in [6, 6.07) is 7.34. The van der Waals surface area contributed by atoms with Gasteiger partial charge in [0.25, 0.3) is 11.8 Å². The number of hydrogen-bond acceptors (Lipinski definition) is 4. The van der Waals surface area contributed by atoms with Gasteiger partial charge in [-0.15, -0.1) is 0 Å². The van der Waals surface area contributed by atoms with Crippen LogP contribution < -0.4 is 10.1 Å². The molecule has 2 heterocycles. The summed E-state index contributed by atoms with van der Waals surface area (Å²) in [6.45, 7) is 0.994. The number of aromatic amines is 1. The van der Waals surface area contributed by atoms with Gasteiger partial charge in [-0.05, 0) is 37.1 Å². The highest BCUT2D eigenvalue weighted by Gasteiger charge is 2.30. The van der Waals surface area contributed by atoms with Gasteiger partial charge >= 0.3 is 0 Å². The molecule has 0 radical (unpaired) electrons. The Morgan fingerprint density at radius 2 is 2.04 bits per heavy atom. The lowest BCUT2D eigenvalue weighted by molar-refractivity contribution is 0.0731. The quantitative estimate of drug-likeness (QED) is 0.883. The SMILES string of the molecule is COc1ccc(C(=O)N2CCc3[nH]nc(C(=O)NC4CC4)c3C2)cc1. The highest BCUT2D eigenvalue weighted by Crippen LogP contribution is 2.24. The predicted molar refractivity (Wildman–Crippen MR) is 90.5 cm³/mol. The molecule has 0 unspecified atom stereocenters. The van der Waals surface area contributed by atoms with Gasteiger partial charge in [0.2, 0.25) is 0 Å². The zero-order valence-electron chi connectivity index (χ0n) is 14.0. The van der Waals surface area contributed by atoms with E-state index in [1.807, 2.05) is 0 Å². The average molecular weight is 340 g/mol. The summed E-state index contributed by atoms with van der Waals surface area (Å²) >= 11 is 0. The van der Waals surface area contributed by atoms with E-state index >= 15 is 0 Å². The third kappa shape index (κ3) is 3.09. The second-order valence-corrected chi connectivity index (χ2v) is 6.48. The van der Waals surface area contributed by atoms with E-state index in [1.165, 1.54) is 0 Å². The summed E-state index contributed by atoms with van der Waals surface area (Å²) in [5, 5.41) is 10.1. The Bertz CT molecular complexity index is 808. The minimum absolute atomic E-state index is 0.0527. The first-order valence-corrected chi connectivity index (χ1v) is 8.46. The Morgan fingerprint density at radius 1 is 1.28 bits per heavy atom. The first-order valence-electron chi connectivity index (χ1n) is 8.46. The third-order valence-corrected chi connectivity index (χ3v) is 4.69. The normalized spacial score (nSPS) is 16.3. The molecule has 2 aliphatic rings. The second-order valence-electron chi connectivity index (χ2n) is 6.48. The topological polar surface area (TPSA) is 87.3 Å². The molecule has 1 aliphatic heterocycles. The smallest absolute Gasteiger partial charge is 0.272 e. The number of nitrogens with one attached hydrogen (secondary N) is 2. The summed E-state index contributed by atoms with van der Waals surface area (Å²) in [5.41, 5.74) is 2.79. The monoisotopic (exact) mass is 340 g/mol. The van der Waals surface area contributed by atoms with E-state index in [0.29, 0.717) is 36.5 Å². The van der Waals surface area contributed by atoms with Crippen molar-refractivity contribution >= 4 is 11.8 Å². The molecule has 7 nitrogen and oxygen atoms in total. The van der Waals surface area contributed by atoms with Gasteiger partial charge in [-0.25, -0.2) is 0 Å². The second kappa shape index (κ2) is 6.23. The van der Waals surface area contributed by atoms with Gasteiger partial charge in [0.1, 0.15) is 5.75 Å². The number of aromatic nitrogens is 2. The van der Waals surface area contributed by atoms with Gasteiger partial charge < -0.3 is 15.0 Å². The van der Waals surface area contributed by atoms with Crippen LogP contribution in [-0.4, -0.2) is 46.6 Å². The summed E-state index contributed by atoms with van der Waals surface area (Å²) in [7, 11) is 1.59. The van der Waals surface area contributed by atoms with Gasteiger partial charge in [0.15, 0.2) is 5.69 Å². The maximum Gasteiger partial charge on any atom is 0.272 e. The van der Waals surface area contributed by atoms with Crippen molar-refractivity contribution in [2.24, 2.45) is 0 Å². The molecule has 0 atom stereocenters. The van der Waals surface area contributed by atoms with E-state index in [0.717, 1.165) is 24.1 Å². The molecule has 1 saturated carbocycles. The molecule has 7 heteroatoms. The number of ether oxygens (including phenoxy) is 1. The number of nitrogens with zero attached hydrogens (tertiary/aromatic N) is 2. The van der Waals surface area contributed by atoms with Crippen molar-refractivity contribution < 1.29 is 14.3 Å². The standard InChI is InChI=1S/C18H20N4O3/c1-25-13-6-2-11(3-7-13)18(24)22-9-8-15-14(10-22)16(21-20-15)17(23)19-12-4-5-12/h2-3,6-7,12H,4-5,8-10H2,1H3,(H,19,23)(H,20,21). The van der Waals surface area contributed by atoms with Crippen molar-refractivity contribution in [2.75, 3.05) is 13.7 Å². The Balaban J connectivity index is 1.52. The number of benzene rings is 1. The maximum atomic E-state index is 12.8. The highest BCUT2D eigenvalue weighted by molar-refractivity contribution is 5.96. The molecule has 0 saturated heterocycles. The Labute approximate surface area is 145 Å². The first kappa shape index (κ1) is 15.7. The van der Waals surface area contributed by atoms with E-state index in [-0.39, 0.29) is 17.9 Å². The Morgan fingerprint density at radius 3 is 2.72 bits per heavy atom. The van der Waals surface area contributed by atoms with E-state index in [2.05, 4.69) is 15.5 Å². The van der Waals surface area contributed by atoms with Gasteiger partial charge in [-0.2, -0.15) is 5.10 Å². The fraction of sp³-hybridized carbons (Fsp3) is 0.389. The minimum atomic E-state index is -0.154. The van der Waals surface area contributed by atoms with Crippen LogP contribution in [0.2, 0.25) is 0 Å². The van der Waals surface area contributed by atoms with Gasteiger partial charge in [0, 0.05) is 35.8 Å². The molecule has 130 valence electrons. The summed E-state index contributed by atoms with van der Waals surface area (Å²) in [5.74, 6) is 0.508. The lowest BCUT2D eigenvalue weighted by Gasteiger charge is -2.27.